The number of anilines is 1. The number of hydrogen-bond acceptors (Lipinski definition) is 5. The molecular formula is C26H27N5O2S. The van der Waals surface area contributed by atoms with Crippen LogP contribution in [-0.4, -0.2) is 30.5 Å². The Hall–Kier alpha value is -3.39. The van der Waals surface area contributed by atoms with Crippen molar-refractivity contribution in [3.8, 4) is 17.1 Å². The summed E-state index contributed by atoms with van der Waals surface area (Å²) >= 11 is 1.41. The summed E-state index contributed by atoms with van der Waals surface area (Å²) in [6.45, 7) is 4.68. The Balaban J connectivity index is 1.51. The molecule has 1 amide bonds. The molecule has 3 aliphatic rings. The first kappa shape index (κ1) is 22.4. The van der Waals surface area contributed by atoms with E-state index in [1.165, 1.54) is 16.4 Å². The molecule has 3 heterocycles. The van der Waals surface area contributed by atoms with Gasteiger partial charge in [0.05, 0.1) is 10.9 Å². The van der Waals surface area contributed by atoms with Crippen LogP contribution in [-0.2, 0) is 17.8 Å². The zero-order valence-corrected chi connectivity index (χ0v) is 20.1. The number of hydrogen-bond donors (Lipinski definition) is 1. The van der Waals surface area contributed by atoms with Crippen LogP contribution in [0.3, 0.4) is 0 Å². The predicted octanol–water partition coefficient (Wildman–Crippen LogP) is 4.69. The van der Waals surface area contributed by atoms with Gasteiger partial charge in [0.15, 0.2) is 11.0 Å². The lowest BCUT2D eigenvalue weighted by Gasteiger charge is -2.19. The quantitative estimate of drug-likeness (QED) is 0.336. The summed E-state index contributed by atoms with van der Waals surface area (Å²) in [7, 11) is 0. The van der Waals surface area contributed by atoms with Crippen molar-refractivity contribution in [3.05, 3.63) is 76.2 Å². The zero-order valence-electron chi connectivity index (χ0n) is 19.3. The normalized spacial score (nSPS) is 14.4. The maximum Gasteiger partial charge on any atom is 0.284 e. The highest BCUT2D eigenvalue weighted by molar-refractivity contribution is 8.00. The predicted molar refractivity (Wildman–Crippen MR) is 135 cm³/mol. The minimum absolute atomic E-state index is 0.0851. The fraction of sp³-hybridized carbons (Fsp3) is 0.308. The molecule has 0 aromatic heterocycles. The van der Waals surface area contributed by atoms with Gasteiger partial charge in [-0.05, 0) is 57.4 Å². The van der Waals surface area contributed by atoms with Gasteiger partial charge in [0.2, 0.25) is 5.91 Å². The van der Waals surface area contributed by atoms with Crippen LogP contribution < -0.4 is 10.9 Å². The average Bonchev–Trinajstić information content (AvgIpc) is 3.01. The molecule has 2 aromatic rings. The Morgan fingerprint density at radius 1 is 1.06 bits per heavy atom. The zero-order chi connectivity index (χ0) is 23.7. The van der Waals surface area contributed by atoms with Crippen LogP contribution in [0.4, 0.5) is 5.69 Å². The maximum atomic E-state index is 13.4. The average molecular weight is 474 g/mol. The van der Waals surface area contributed by atoms with E-state index in [-0.39, 0.29) is 16.7 Å². The summed E-state index contributed by atoms with van der Waals surface area (Å²) in [6.07, 6.45) is 3.93. The van der Waals surface area contributed by atoms with Crippen molar-refractivity contribution in [2.75, 3.05) is 5.32 Å². The van der Waals surface area contributed by atoms with Crippen LogP contribution >= 0.6 is 11.8 Å². The molecule has 34 heavy (non-hydrogen) atoms. The van der Waals surface area contributed by atoms with Gasteiger partial charge in [-0.2, -0.15) is 4.68 Å². The molecule has 1 atom stereocenters. The first-order valence-electron chi connectivity index (χ1n) is 11.6. The van der Waals surface area contributed by atoms with Crippen molar-refractivity contribution < 1.29 is 4.79 Å². The third kappa shape index (κ3) is 4.37. The van der Waals surface area contributed by atoms with Gasteiger partial charge in [-0.15, -0.1) is 5.10 Å². The third-order valence-electron chi connectivity index (χ3n) is 6.14. The Labute approximate surface area is 202 Å². The lowest BCUT2D eigenvalue weighted by atomic mass is 10.1. The topological polar surface area (TPSA) is 81.8 Å². The SMILES string of the molecule is Cc1ccc(NC(=O)C(C)Sc2nc3nn(-c4ccccc4)c(=O)c-3c3n2CCCCC3)cc1. The number of benzene rings is 2. The largest absolute Gasteiger partial charge is 0.325 e. The second-order valence-electron chi connectivity index (χ2n) is 8.67. The van der Waals surface area contributed by atoms with E-state index in [9.17, 15) is 9.59 Å². The second kappa shape index (κ2) is 9.46. The number of fused-ring (bicyclic) bond motifs is 3. The third-order valence-corrected chi connectivity index (χ3v) is 7.23. The van der Waals surface area contributed by atoms with Crippen LogP contribution in [0, 0.1) is 6.92 Å². The van der Waals surface area contributed by atoms with E-state index in [0.29, 0.717) is 11.4 Å². The number of rotatable bonds is 5. The summed E-state index contributed by atoms with van der Waals surface area (Å²) in [6, 6.07) is 17.2. The number of amides is 1. The number of nitrogens with zero attached hydrogens (tertiary/aromatic N) is 4. The molecule has 0 spiro atoms. The molecule has 0 bridgehead atoms. The van der Waals surface area contributed by atoms with Gasteiger partial charge in [0, 0.05) is 17.9 Å². The highest BCUT2D eigenvalue weighted by Crippen LogP contribution is 2.32. The van der Waals surface area contributed by atoms with Crippen molar-refractivity contribution in [2.24, 2.45) is 0 Å². The standard InChI is InChI=1S/C26H27N5O2S/c1-17-12-14-19(15-13-17)27-24(32)18(2)34-26-28-23-22(21-11-7-4-8-16-30(21)26)25(33)31(29-23)20-9-5-3-6-10-20/h3,5-6,9-10,12-15,18H,4,7-8,11,16H2,1-2H3,(H,27,32). The molecule has 0 aliphatic carbocycles. The molecule has 0 saturated carbocycles. The molecule has 174 valence electrons. The van der Waals surface area contributed by atoms with Crippen molar-refractivity contribution in [3.63, 3.8) is 0 Å². The molecule has 8 heteroatoms. The van der Waals surface area contributed by atoms with Crippen molar-refractivity contribution in [2.45, 2.75) is 56.5 Å². The monoisotopic (exact) mass is 473 g/mol. The van der Waals surface area contributed by atoms with Gasteiger partial charge >= 0.3 is 0 Å². The first-order chi connectivity index (χ1) is 16.5. The fourth-order valence-corrected chi connectivity index (χ4v) is 5.23. The number of aryl methyl sites for hydroxylation is 1. The minimum atomic E-state index is -0.367. The first-order valence-corrected chi connectivity index (χ1v) is 12.5. The van der Waals surface area contributed by atoms with E-state index in [1.54, 1.807) is 0 Å². The Bertz CT molecular complexity index is 1340. The van der Waals surface area contributed by atoms with Crippen molar-refractivity contribution in [1.29, 1.82) is 0 Å². The summed E-state index contributed by atoms with van der Waals surface area (Å²) in [5, 5.41) is 7.93. The summed E-state index contributed by atoms with van der Waals surface area (Å²) in [5.41, 5.74) is 4.06. The van der Waals surface area contributed by atoms with Gasteiger partial charge in [0.1, 0.15) is 5.56 Å². The lowest BCUT2D eigenvalue weighted by Crippen LogP contribution is -2.24. The summed E-state index contributed by atoms with van der Waals surface area (Å²) in [5.74, 6) is 0.355. The molecular weight excluding hydrogens is 446 g/mol. The van der Waals surface area contributed by atoms with Gasteiger partial charge in [-0.1, -0.05) is 54.1 Å². The molecule has 5 rings (SSSR count). The lowest BCUT2D eigenvalue weighted by molar-refractivity contribution is -0.115. The van der Waals surface area contributed by atoms with E-state index in [2.05, 4.69) is 15.0 Å². The van der Waals surface area contributed by atoms with Crippen LogP contribution in [0.5, 0.6) is 0 Å². The van der Waals surface area contributed by atoms with Crippen LogP contribution in [0.2, 0.25) is 0 Å². The van der Waals surface area contributed by atoms with Gasteiger partial charge in [-0.3, -0.25) is 9.59 Å². The number of nitrogens with one attached hydrogen (secondary N) is 1. The van der Waals surface area contributed by atoms with Crippen molar-refractivity contribution >= 4 is 23.4 Å². The molecule has 1 unspecified atom stereocenters. The summed E-state index contributed by atoms with van der Waals surface area (Å²) < 4.78 is 3.57. The fourth-order valence-electron chi connectivity index (χ4n) is 4.28. The van der Waals surface area contributed by atoms with Crippen molar-refractivity contribution in [1.82, 2.24) is 19.3 Å². The van der Waals surface area contributed by atoms with Crippen LogP contribution in [0.1, 0.15) is 37.4 Å². The molecule has 0 saturated heterocycles. The molecule has 2 aromatic carbocycles. The molecule has 7 nitrogen and oxygen atoms in total. The minimum Gasteiger partial charge on any atom is -0.325 e. The van der Waals surface area contributed by atoms with Gasteiger partial charge in [0.25, 0.3) is 5.56 Å². The van der Waals surface area contributed by atoms with E-state index in [4.69, 9.17) is 4.98 Å². The second-order valence-corrected chi connectivity index (χ2v) is 9.98. The van der Waals surface area contributed by atoms with Gasteiger partial charge < -0.3 is 9.88 Å². The van der Waals surface area contributed by atoms with E-state index < -0.39 is 0 Å². The Kier molecular flexibility index (Phi) is 6.24. The number of para-hydroxylation sites is 1. The smallest absolute Gasteiger partial charge is 0.284 e. The molecule has 0 radical (unpaired) electrons. The highest BCUT2D eigenvalue weighted by Gasteiger charge is 2.28. The maximum absolute atomic E-state index is 13.4. The van der Waals surface area contributed by atoms with E-state index >= 15 is 0 Å². The van der Waals surface area contributed by atoms with Gasteiger partial charge in [-0.25, -0.2) is 4.98 Å². The van der Waals surface area contributed by atoms with E-state index in [1.807, 2.05) is 68.4 Å². The number of carbonyl (C=O) groups is 1. The highest BCUT2D eigenvalue weighted by atomic mass is 32.2. The number of thioether (sulfide) groups is 1. The van der Waals surface area contributed by atoms with Crippen LogP contribution in [0.25, 0.3) is 17.1 Å². The number of carbonyl (C=O) groups excluding carboxylic acids is 1. The Morgan fingerprint density at radius 3 is 2.59 bits per heavy atom. The van der Waals surface area contributed by atoms with Crippen LogP contribution in [0.15, 0.2) is 64.5 Å². The molecule has 1 N–H and O–H groups in total. The summed E-state index contributed by atoms with van der Waals surface area (Å²) in [4.78, 5) is 31.1. The number of aromatic nitrogens is 4. The molecule has 3 aliphatic heterocycles. The molecule has 0 fully saturated rings. The van der Waals surface area contributed by atoms with E-state index in [0.717, 1.165) is 60.0 Å². The Morgan fingerprint density at radius 2 is 1.82 bits per heavy atom.